The summed E-state index contributed by atoms with van der Waals surface area (Å²) in [6, 6.07) is 5.63. The van der Waals surface area contributed by atoms with Crippen molar-refractivity contribution < 1.29 is 9.53 Å². The summed E-state index contributed by atoms with van der Waals surface area (Å²) in [6.07, 6.45) is 5.10. The predicted molar refractivity (Wildman–Crippen MR) is 91.9 cm³/mol. The van der Waals surface area contributed by atoms with Crippen LogP contribution in [0.4, 0.5) is 5.82 Å². The van der Waals surface area contributed by atoms with Crippen LogP contribution >= 0.6 is 11.8 Å². The number of amides is 1. The normalized spacial score (nSPS) is 14.4. The molecule has 2 aromatic heterocycles. The lowest BCUT2D eigenvalue weighted by Gasteiger charge is -2.29. The maximum absolute atomic E-state index is 12.0. The molecule has 1 fully saturated rings. The van der Waals surface area contributed by atoms with Crippen LogP contribution in [0.25, 0.3) is 0 Å². The number of nitrogens with zero attached hydrogens (tertiary/aromatic N) is 4. The maximum atomic E-state index is 12.0. The van der Waals surface area contributed by atoms with E-state index in [9.17, 15) is 4.79 Å². The summed E-state index contributed by atoms with van der Waals surface area (Å²) in [5, 5.41) is 3.54. The number of carbonyl (C=O) groups excluding carboxylic acids is 1. The number of rotatable bonds is 6. The summed E-state index contributed by atoms with van der Waals surface area (Å²) < 4.78 is 5.38. The third-order valence-corrected chi connectivity index (χ3v) is 4.40. The number of nitrogens with one attached hydrogen (secondary N) is 1. The van der Waals surface area contributed by atoms with Gasteiger partial charge in [0.15, 0.2) is 5.16 Å². The smallest absolute Gasteiger partial charge is 0.230 e. The number of hydrogen-bond acceptors (Lipinski definition) is 7. The highest BCUT2D eigenvalue weighted by molar-refractivity contribution is 7.99. The fourth-order valence-corrected chi connectivity index (χ4v) is 3.00. The van der Waals surface area contributed by atoms with E-state index < -0.39 is 0 Å². The van der Waals surface area contributed by atoms with Crippen LogP contribution in [0.2, 0.25) is 0 Å². The Morgan fingerprint density at radius 1 is 1.17 bits per heavy atom. The number of aromatic nitrogens is 3. The van der Waals surface area contributed by atoms with Crippen molar-refractivity contribution in [1.82, 2.24) is 20.3 Å². The molecule has 126 valence electrons. The molecule has 3 rings (SSSR count). The van der Waals surface area contributed by atoms with Gasteiger partial charge >= 0.3 is 0 Å². The molecule has 0 unspecified atom stereocenters. The first-order valence-corrected chi connectivity index (χ1v) is 8.74. The fourth-order valence-electron chi connectivity index (χ4n) is 2.36. The van der Waals surface area contributed by atoms with E-state index in [0.717, 1.165) is 24.5 Å². The molecule has 1 aliphatic heterocycles. The van der Waals surface area contributed by atoms with Crippen molar-refractivity contribution >= 4 is 23.5 Å². The minimum absolute atomic E-state index is 0.0516. The predicted octanol–water partition coefficient (Wildman–Crippen LogP) is 1.12. The van der Waals surface area contributed by atoms with Gasteiger partial charge in [0, 0.05) is 43.8 Å². The van der Waals surface area contributed by atoms with E-state index >= 15 is 0 Å². The Hall–Kier alpha value is -2.19. The van der Waals surface area contributed by atoms with Crippen LogP contribution in [-0.4, -0.2) is 52.9 Å². The summed E-state index contributed by atoms with van der Waals surface area (Å²) in [5.41, 5.74) is 1.01. The van der Waals surface area contributed by atoms with E-state index in [2.05, 4.69) is 25.2 Å². The molecule has 0 aromatic carbocycles. The van der Waals surface area contributed by atoms with E-state index in [1.165, 1.54) is 11.8 Å². The molecule has 7 nitrogen and oxygen atoms in total. The first kappa shape index (κ1) is 16.7. The summed E-state index contributed by atoms with van der Waals surface area (Å²) in [5.74, 6) is 1.15. The van der Waals surface area contributed by atoms with Crippen molar-refractivity contribution in [2.24, 2.45) is 0 Å². The van der Waals surface area contributed by atoms with E-state index in [1.807, 2.05) is 12.1 Å². The van der Waals surface area contributed by atoms with Crippen molar-refractivity contribution in [1.29, 1.82) is 0 Å². The average Bonchev–Trinajstić information content (AvgIpc) is 2.66. The summed E-state index contributed by atoms with van der Waals surface area (Å²) in [7, 11) is 0. The molecule has 24 heavy (non-hydrogen) atoms. The lowest BCUT2D eigenvalue weighted by atomic mass is 10.2. The molecule has 3 heterocycles. The Morgan fingerprint density at radius 2 is 1.92 bits per heavy atom. The number of carbonyl (C=O) groups is 1. The molecule has 1 aliphatic rings. The molecule has 2 aromatic rings. The minimum atomic E-state index is -0.0516. The first-order chi connectivity index (χ1) is 11.8. The van der Waals surface area contributed by atoms with Gasteiger partial charge in [-0.1, -0.05) is 17.8 Å². The zero-order valence-corrected chi connectivity index (χ0v) is 14.0. The van der Waals surface area contributed by atoms with E-state index in [4.69, 9.17) is 4.74 Å². The van der Waals surface area contributed by atoms with Crippen molar-refractivity contribution in [3.05, 3.63) is 42.4 Å². The van der Waals surface area contributed by atoms with Gasteiger partial charge in [0.2, 0.25) is 5.91 Å². The molecule has 1 amide bonds. The van der Waals surface area contributed by atoms with Crippen LogP contribution in [0, 0.1) is 0 Å². The Balaban J connectivity index is 1.53. The first-order valence-electron chi connectivity index (χ1n) is 7.76. The average molecular weight is 345 g/mol. The zero-order chi connectivity index (χ0) is 16.6. The summed E-state index contributed by atoms with van der Waals surface area (Å²) >= 11 is 1.32. The molecular formula is C16H19N5O2S. The summed E-state index contributed by atoms with van der Waals surface area (Å²) in [4.78, 5) is 26.9. The number of thioether (sulfide) groups is 1. The Morgan fingerprint density at radius 3 is 2.71 bits per heavy atom. The monoisotopic (exact) mass is 345 g/mol. The second-order valence-electron chi connectivity index (χ2n) is 5.18. The highest BCUT2D eigenvalue weighted by atomic mass is 32.2. The van der Waals surface area contributed by atoms with Gasteiger partial charge in [0.05, 0.1) is 19.0 Å². The molecule has 0 aliphatic carbocycles. The number of morpholine rings is 1. The van der Waals surface area contributed by atoms with Gasteiger partial charge in [-0.25, -0.2) is 15.0 Å². The van der Waals surface area contributed by atoms with Crippen LogP contribution in [0.1, 0.15) is 5.56 Å². The number of ether oxygens (including phenoxy) is 1. The Labute approximate surface area is 144 Å². The van der Waals surface area contributed by atoms with Gasteiger partial charge in [-0.15, -0.1) is 0 Å². The molecule has 0 radical (unpaired) electrons. The highest BCUT2D eigenvalue weighted by Crippen LogP contribution is 2.18. The Kier molecular flexibility index (Phi) is 5.97. The molecule has 8 heteroatoms. The third-order valence-electron chi connectivity index (χ3n) is 3.53. The zero-order valence-electron chi connectivity index (χ0n) is 13.2. The van der Waals surface area contributed by atoms with Crippen molar-refractivity contribution in [2.45, 2.75) is 11.7 Å². The second kappa shape index (κ2) is 8.60. The summed E-state index contributed by atoms with van der Waals surface area (Å²) in [6.45, 7) is 3.50. The van der Waals surface area contributed by atoms with Gasteiger partial charge in [-0.05, 0) is 12.1 Å². The van der Waals surface area contributed by atoms with Gasteiger partial charge in [-0.2, -0.15) is 0 Å². The SMILES string of the molecule is O=C(CSc1ncccn1)NCc1cccnc1N1CCOCC1. The Bertz CT molecular complexity index is 665. The van der Waals surface area contributed by atoms with Gasteiger partial charge in [-0.3, -0.25) is 4.79 Å². The molecule has 0 saturated carbocycles. The van der Waals surface area contributed by atoms with Crippen LogP contribution in [0.15, 0.2) is 41.9 Å². The van der Waals surface area contributed by atoms with Gasteiger partial charge < -0.3 is 15.0 Å². The number of anilines is 1. The molecule has 0 atom stereocenters. The van der Waals surface area contributed by atoms with Gasteiger partial charge in [0.25, 0.3) is 0 Å². The second-order valence-corrected chi connectivity index (χ2v) is 6.12. The third kappa shape index (κ3) is 4.65. The van der Waals surface area contributed by atoms with Crippen molar-refractivity contribution in [3.8, 4) is 0 Å². The fraction of sp³-hybridized carbons (Fsp3) is 0.375. The number of pyridine rings is 1. The molecular weight excluding hydrogens is 326 g/mol. The largest absolute Gasteiger partial charge is 0.378 e. The lowest BCUT2D eigenvalue weighted by Crippen LogP contribution is -2.38. The van der Waals surface area contributed by atoms with Crippen molar-refractivity contribution in [2.75, 3.05) is 37.0 Å². The van der Waals surface area contributed by atoms with Crippen LogP contribution in [0.5, 0.6) is 0 Å². The van der Waals surface area contributed by atoms with Crippen LogP contribution in [0.3, 0.4) is 0 Å². The maximum Gasteiger partial charge on any atom is 0.230 e. The van der Waals surface area contributed by atoms with Gasteiger partial charge in [0.1, 0.15) is 5.82 Å². The molecule has 1 saturated heterocycles. The standard InChI is InChI=1S/C16H19N5O2S/c22-14(12-24-16-18-5-2-6-19-16)20-11-13-3-1-4-17-15(13)21-7-9-23-10-8-21/h1-6H,7-12H2,(H,20,22). The lowest BCUT2D eigenvalue weighted by molar-refractivity contribution is -0.118. The van der Waals surface area contributed by atoms with E-state index in [-0.39, 0.29) is 11.7 Å². The minimum Gasteiger partial charge on any atom is -0.378 e. The van der Waals surface area contributed by atoms with Crippen molar-refractivity contribution in [3.63, 3.8) is 0 Å². The van der Waals surface area contributed by atoms with E-state index in [1.54, 1.807) is 24.7 Å². The number of hydrogen-bond donors (Lipinski definition) is 1. The molecule has 0 spiro atoms. The highest BCUT2D eigenvalue weighted by Gasteiger charge is 2.16. The van der Waals surface area contributed by atoms with E-state index in [0.29, 0.717) is 24.9 Å². The quantitative estimate of drug-likeness (QED) is 0.621. The molecule has 0 bridgehead atoms. The topological polar surface area (TPSA) is 80.2 Å². The molecule has 1 N–H and O–H groups in total. The van der Waals surface area contributed by atoms with Crippen LogP contribution in [-0.2, 0) is 16.1 Å². The van der Waals surface area contributed by atoms with Crippen LogP contribution < -0.4 is 10.2 Å².